The lowest BCUT2D eigenvalue weighted by Crippen LogP contribution is -2.25. The molecule has 1 aromatic carbocycles. The summed E-state index contributed by atoms with van der Waals surface area (Å²) in [5.74, 6) is 0.627. The molecule has 1 aliphatic rings. The highest BCUT2D eigenvalue weighted by Gasteiger charge is 2.28. The van der Waals surface area contributed by atoms with E-state index in [9.17, 15) is 9.59 Å². The number of carbonyl (C=O) groups is 2. The van der Waals surface area contributed by atoms with Crippen LogP contribution in [0, 0.1) is 5.92 Å². The van der Waals surface area contributed by atoms with Gasteiger partial charge in [-0.05, 0) is 36.8 Å². The quantitative estimate of drug-likeness (QED) is 0.604. The first-order valence-electron chi connectivity index (χ1n) is 9.98. The summed E-state index contributed by atoms with van der Waals surface area (Å²) >= 11 is 0. The zero-order valence-corrected chi connectivity index (χ0v) is 17.0. The van der Waals surface area contributed by atoms with Crippen molar-refractivity contribution in [2.24, 2.45) is 5.92 Å². The van der Waals surface area contributed by atoms with Crippen molar-refractivity contribution in [3.8, 4) is 16.9 Å². The summed E-state index contributed by atoms with van der Waals surface area (Å²) in [6.07, 6.45) is 5.78. The maximum absolute atomic E-state index is 11.6. The Hall–Kier alpha value is -3.42. The van der Waals surface area contributed by atoms with Crippen molar-refractivity contribution in [2.45, 2.75) is 32.9 Å². The lowest BCUT2D eigenvalue weighted by molar-refractivity contribution is -0.141. The van der Waals surface area contributed by atoms with Gasteiger partial charge in [-0.3, -0.25) is 19.3 Å². The van der Waals surface area contributed by atoms with E-state index in [4.69, 9.17) is 9.47 Å². The minimum Gasteiger partial charge on any atom is -0.490 e. The largest absolute Gasteiger partial charge is 0.490 e. The number of amides is 1. The van der Waals surface area contributed by atoms with Crippen LogP contribution in [0.25, 0.3) is 22.0 Å². The Labute approximate surface area is 174 Å². The van der Waals surface area contributed by atoms with Crippen molar-refractivity contribution in [3.05, 3.63) is 42.9 Å². The molecule has 8 nitrogen and oxygen atoms in total. The highest BCUT2D eigenvalue weighted by atomic mass is 16.5. The lowest BCUT2D eigenvalue weighted by atomic mass is 10.0. The average molecular weight is 408 g/mol. The van der Waals surface area contributed by atoms with Crippen molar-refractivity contribution < 1.29 is 19.1 Å². The van der Waals surface area contributed by atoms with Crippen LogP contribution in [-0.2, 0) is 20.9 Å². The molecule has 0 bridgehead atoms. The summed E-state index contributed by atoms with van der Waals surface area (Å²) in [6, 6.07) is 7.85. The second-order valence-corrected chi connectivity index (χ2v) is 7.47. The van der Waals surface area contributed by atoms with E-state index in [1.807, 2.05) is 37.4 Å². The van der Waals surface area contributed by atoms with Gasteiger partial charge in [0.15, 0.2) is 0 Å². The molecule has 0 spiro atoms. The van der Waals surface area contributed by atoms with Gasteiger partial charge >= 0.3 is 5.97 Å². The summed E-state index contributed by atoms with van der Waals surface area (Å²) < 4.78 is 13.0. The van der Waals surface area contributed by atoms with Gasteiger partial charge in [0.1, 0.15) is 18.5 Å². The molecule has 1 aliphatic heterocycles. The Morgan fingerprint density at radius 3 is 3.00 bits per heavy atom. The van der Waals surface area contributed by atoms with Gasteiger partial charge in [0, 0.05) is 49.2 Å². The second-order valence-electron chi connectivity index (χ2n) is 7.47. The van der Waals surface area contributed by atoms with Crippen molar-refractivity contribution in [3.63, 3.8) is 0 Å². The minimum atomic E-state index is -0.307. The molecule has 2 unspecified atom stereocenters. The van der Waals surface area contributed by atoms with Crippen molar-refractivity contribution >= 4 is 22.8 Å². The zero-order chi connectivity index (χ0) is 21.1. The molecule has 1 saturated heterocycles. The smallest absolute Gasteiger partial charge is 0.302 e. The van der Waals surface area contributed by atoms with E-state index in [0.717, 1.165) is 27.8 Å². The van der Waals surface area contributed by atoms with Crippen molar-refractivity contribution in [1.82, 2.24) is 20.1 Å². The number of esters is 1. The number of hydrogen-bond acceptors (Lipinski definition) is 6. The average Bonchev–Trinajstić information content (AvgIpc) is 3.37. The molecule has 30 heavy (non-hydrogen) atoms. The zero-order valence-electron chi connectivity index (χ0n) is 17.0. The van der Waals surface area contributed by atoms with Crippen LogP contribution in [0.1, 0.15) is 20.3 Å². The third-order valence-electron chi connectivity index (χ3n) is 5.26. The van der Waals surface area contributed by atoms with Crippen LogP contribution in [0.3, 0.4) is 0 Å². The molecule has 3 aromatic rings. The number of pyridine rings is 1. The Balaban J connectivity index is 1.59. The Morgan fingerprint density at radius 2 is 2.23 bits per heavy atom. The van der Waals surface area contributed by atoms with Gasteiger partial charge in [-0.25, -0.2) is 0 Å². The van der Waals surface area contributed by atoms with Crippen LogP contribution in [-0.4, -0.2) is 45.9 Å². The molecule has 3 heterocycles. The van der Waals surface area contributed by atoms with E-state index >= 15 is 0 Å². The number of fused-ring (bicyclic) bond motifs is 1. The standard InChI is InChI=1S/C22H24N4O4/c1-14(17-10-22(28)24-11-17)30-21-9-16(8-20-19(21)4-3-5-23-20)18-12-25-26(13-18)6-7-29-15(2)27/h3-5,8-9,12-14,17H,6-7,10-11H2,1-2H3,(H,24,28). The fourth-order valence-electron chi connectivity index (χ4n) is 3.59. The van der Waals surface area contributed by atoms with E-state index < -0.39 is 0 Å². The van der Waals surface area contributed by atoms with Gasteiger partial charge < -0.3 is 14.8 Å². The highest BCUT2D eigenvalue weighted by molar-refractivity contribution is 5.90. The molecule has 1 N–H and O–H groups in total. The number of rotatable bonds is 7. The topological polar surface area (TPSA) is 95.3 Å². The maximum atomic E-state index is 11.6. The van der Waals surface area contributed by atoms with E-state index in [1.165, 1.54) is 6.92 Å². The van der Waals surface area contributed by atoms with E-state index in [0.29, 0.717) is 19.5 Å². The number of aromatic nitrogens is 3. The summed E-state index contributed by atoms with van der Waals surface area (Å²) in [7, 11) is 0. The van der Waals surface area contributed by atoms with Crippen LogP contribution in [0.4, 0.5) is 0 Å². The Kier molecular flexibility index (Phi) is 5.65. The van der Waals surface area contributed by atoms with E-state index in [-0.39, 0.29) is 30.5 Å². The highest BCUT2D eigenvalue weighted by Crippen LogP contribution is 2.33. The summed E-state index contributed by atoms with van der Waals surface area (Å²) in [5, 5.41) is 8.14. The van der Waals surface area contributed by atoms with Gasteiger partial charge in [-0.1, -0.05) is 0 Å². The monoisotopic (exact) mass is 408 g/mol. The summed E-state index contributed by atoms with van der Waals surface area (Å²) in [4.78, 5) is 27.0. The first kappa shape index (κ1) is 19.9. The third-order valence-corrected chi connectivity index (χ3v) is 5.26. The molecular formula is C22H24N4O4. The van der Waals surface area contributed by atoms with Gasteiger partial charge in [0.05, 0.1) is 18.3 Å². The van der Waals surface area contributed by atoms with Crippen LogP contribution >= 0.6 is 0 Å². The molecule has 0 aliphatic carbocycles. The first-order valence-corrected chi connectivity index (χ1v) is 9.98. The predicted molar refractivity (Wildman–Crippen MR) is 111 cm³/mol. The molecule has 1 amide bonds. The number of carbonyl (C=O) groups excluding carboxylic acids is 2. The van der Waals surface area contributed by atoms with Gasteiger partial charge in [0.2, 0.25) is 5.91 Å². The molecule has 0 saturated carbocycles. The molecule has 8 heteroatoms. The first-order chi connectivity index (χ1) is 14.5. The summed E-state index contributed by atoms with van der Waals surface area (Å²) in [5.41, 5.74) is 2.67. The molecular weight excluding hydrogens is 384 g/mol. The van der Waals surface area contributed by atoms with Crippen LogP contribution in [0.5, 0.6) is 5.75 Å². The molecule has 0 radical (unpaired) electrons. The number of ether oxygens (including phenoxy) is 2. The molecule has 2 atom stereocenters. The fourth-order valence-corrected chi connectivity index (χ4v) is 3.59. The normalized spacial score (nSPS) is 17.0. The Bertz CT molecular complexity index is 1080. The van der Waals surface area contributed by atoms with Crippen molar-refractivity contribution in [2.75, 3.05) is 13.2 Å². The van der Waals surface area contributed by atoms with Crippen LogP contribution < -0.4 is 10.1 Å². The molecule has 4 rings (SSSR count). The summed E-state index contributed by atoms with van der Waals surface area (Å²) in [6.45, 7) is 4.76. The number of hydrogen-bond donors (Lipinski definition) is 1. The van der Waals surface area contributed by atoms with Crippen LogP contribution in [0.15, 0.2) is 42.9 Å². The predicted octanol–water partition coefficient (Wildman–Crippen LogP) is 2.56. The van der Waals surface area contributed by atoms with Gasteiger partial charge in [-0.15, -0.1) is 0 Å². The lowest BCUT2D eigenvalue weighted by Gasteiger charge is -2.21. The Morgan fingerprint density at radius 1 is 1.37 bits per heavy atom. The second kappa shape index (κ2) is 8.52. The van der Waals surface area contributed by atoms with Crippen molar-refractivity contribution in [1.29, 1.82) is 0 Å². The minimum absolute atomic E-state index is 0.0666. The SMILES string of the molecule is CC(=O)OCCn1cc(-c2cc(OC(C)C3CNC(=O)C3)c3cccnc3c2)cn1. The maximum Gasteiger partial charge on any atom is 0.302 e. The molecule has 1 fully saturated rings. The number of nitrogens with zero attached hydrogens (tertiary/aromatic N) is 3. The fraction of sp³-hybridized carbons (Fsp3) is 0.364. The number of benzene rings is 1. The van der Waals surface area contributed by atoms with E-state index in [1.54, 1.807) is 17.1 Å². The van der Waals surface area contributed by atoms with Crippen LogP contribution in [0.2, 0.25) is 0 Å². The van der Waals surface area contributed by atoms with Gasteiger partial charge in [-0.2, -0.15) is 5.10 Å². The number of nitrogens with one attached hydrogen (secondary N) is 1. The molecule has 156 valence electrons. The molecule has 2 aromatic heterocycles. The van der Waals surface area contributed by atoms with Gasteiger partial charge in [0.25, 0.3) is 0 Å². The third kappa shape index (κ3) is 4.42. The van der Waals surface area contributed by atoms with E-state index in [2.05, 4.69) is 15.4 Å².